The Morgan fingerprint density at radius 3 is 2.00 bits per heavy atom. The molecule has 0 heterocycles. The van der Waals surface area contributed by atoms with Crippen molar-refractivity contribution in [3.8, 4) is 0 Å². The van der Waals surface area contributed by atoms with E-state index in [0.717, 1.165) is 32.1 Å². The van der Waals surface area contributed by atoms with Gasteiger partial charge in [0.2, 0.25) is 0 Å². The zero-order chi connectivity index (χ0) is 14.7. The van der Waals surface area contributed by atoms with Crippen LogP contribution in [0.2, 0.25) is 0 Å². The molecular formula is C12H24Na2O6S. The van der Waals surface area contributed by atoms with Crippen LogP contribution in [-0.2, 0) is 23.9 Å². The van der Waals surface area contributed by atoms with Gasteiger partial charge in [-0.3, -0.25) is 9.59 Å². The first-order chi connectivity index (χ1) is 8.87. The fourth-order valence-electron chi connectivity index (χ4n) is 1.49. The van der Waals surface area contributed by atoms with Crippen LogP contribution in [0.5, 0.6) is 0 Å². The summed E-state index contributed by atoms with van der Waals surface area (Å²) in [6, 6.07) is 0. The van der Waals surface area contributed by atoms with Gasteiger partial charge in [-0.1, -0.05) is 39.0 Å². The first-order valence-electron chi connectivity index (χ1n) is 6.54. The average Bonchev–Trinajstić information content (AvgIpc) is 2.30. The number of hydrogen-bond acceptors (Lipinski definition) is 5. The van der Waals surface area contributed by atoms with Gasteiger partial charge in [-0.15, -0.1) is 0 Å². The topological polar surface area (TPSA) is 97.7 Å². The van der Waals surface area contributed by atoms with Crippen LogP contribution >= 0.6 is 0 Å². The molecule has 116 valence electrons. The summed E-state index contributed by atoms with van der Waals surface area (Å²) < 4.78 is 27.1. The van der Waals surface area contributed by atoms with E-state index >= 15 is 0 Å². The first-order valence-corrected chi connectivity index (χ1v) is 8.12. The molecule has 0 rings (SSSR count). The molecule has 0 radical (unpaired) electrons. The van der Waals surface area contributed by atoms with Gasteiger partial charge in [0.1, 0.15) is 0 Å². The molecule has 0 fully saturated rings. The minimum atomic E-state index is -3.86. The van der Waals surface area contributed by atoms with Crippen LogP contribution in [0, 0.1) is 0 Å². The van der Waals surface area contributed by atoms with E-state index in [1.807, 2.05) is 0 Å². The third-order valence-electron chi connectivity index (χ3n) is 2.51. The van der Waals surface area contributed by atoms with Crippen LogP contribution in [0.3, 0.4) is 0 Å². The summed E-state index contributed by atoms with van der Waals surface area (Å²) in [6.07, 6.45) is 4.70. The molecule has 0 saturated carbocycles. The predicted molar refractivity (Wildman–Crippen MR) is 84.4 cm³/mol. The van der Waals surface area contributed by atoms with Gasteiger partial charge in [0, 0.05) is 0 Å². The van der Waals surface area contributed by atoms with Crippen LogP contribution in [0.1, 0.15) is 58.3 Å². The molecule has 0 spiro atoms. The van der Waals surface area contributed by atoms with Crippen LogP contribution in [-0.4, -0.2) is 90.3 Å². The summed E-state index contributed by atoms with van der Waals surface area (Å²) in [6.45, 7) is 2.10. The molecule has 0 saturated heterocycles. The van der Waals surface area contributed by atoms with E-state index < -0.39 is 34.9 Å². The Labute approximate surface area is 171 Å². The Kier molecular flexibility index (Phi) is 20.1. The van der Waals surface area contributed by atoms with E-state index in [9.17, 15) is 18.0 Å². The van der Waals surface area contributed by atoms with Crippen LogP contribution < -0.4 is 0 Å². The second-order valence-electron chi connectivity index (χ2n) is 4.38. The van der Waals surface area contributed by atoms with E-state index in [4.69, 9.17) is 5.11 Å². The molecule has 0 bridgehead atoms. The van der Waals surface area contributed by atoms with Crippen LogP contribution in [0.15, 0.2) is 0 Å². The summed E-state index contributed by atoms with van der Waals surface area (Å²) in [5.41, 5.74) is 0. The zero-order valence-electron chi connectivity index (χ0n) is 11.3. The molecule has 0 aliphatic rings. The molecule has 0 aromatic heterocycles. The number of hydrogen-bond donors (Lipinski definition) is 1. The molecule has 0 amide bonds. The number of rotatable bonds is 11. The maximum absolute atomic E-state index is 11.4. The Morgan fingerprint density at radius 1 is 0.952 bits per heavy atom. The van der Waals surface area contributed by atoms with Crippen molar-refractivity contribution >= 4 is 81.2 Å². The molecule has 0 aromatic rings. The van der Waals surface area contributed by atoms with Crippen molar-refractivity contribution in [1.29, 1.82) is 0 Å². The van der Waals surface area contributed by atoms with E-state index in [1.165, 1.54) is 0 Å². The molecule has 0 unspecified atom stereocenters. The van der Waals surface area contributed by atoms with Crippen molar-refractivity contribution in [2.24, 2.45) is 0 Å². The van der Waals surface area contributed by atoms with Gasteiger partial charge >= 0.3 is 81.2 Å². The number of carbonyl (C=O) groups is 2. The molecule has 0 aromatic carbocycles. The van der Waals surface area contributed by atoms with Crippen molar-refractivity contribution in [3.05, 3.63) is 0 Å². The van der Waals surface area contributed by atoms with Gasteiger partial charge in [-0.25, -0.2) is 0 Å². The van der Waals surface area contributed by atoms with Gasteiger partial charge in [0.15, 0.2) is 0 Å². The summed E-state index contributed by atoms with van der Waals surface area (Å²) in [4.78, 5) is 21.3. The monoisotopic (exact) mass is 342 g/mol. The van der Waals surface area contributed by atoms with Crippen molar-refractivity contribution < 1.29 is 27.3 Å². The SMILES string of the molecule is CCCCCCCCS(=O)(=O)OC(=O)CCC(=O)O.[NaH].[NaH]. The van der Waals surface area contributed by atoms with E-state index in [0.29, 0.717) is 6.42 Å². The third-order valence-corrected chi connectivity index (χ3v) is 3.74. The summed E-state index contributed by atoms with van der Waals surface area (Å²) in [7, 11) is -3.86. The van der Waals surface area contributed by atoms with Crippen molar-refractivity contribution in [3.63, 3.8) is 0 Å². The maximum atomic E-state index is 11.4. The predicted octanol–water partition coefficient (Wildman–Crippen LogP) is 0.788. The Balaban J connectivity index is -0.00000162. The van der Waals surface area contributed by atoms with Gasteiger partial charge in [0.25, 0.3) is 0 Å². The van der Waals surface area contributed by atoms with Gasteiger partial charge in [-0.2, -0.15) is 8.42 Å². The van der Waals surface area contributed by atoms with E-state index in [-0.39, 0.29) is 64.9 Å². The Morgan fingerprint density at radius 2 is 1.48 bits per heavy atom. The molecular weight excluding hydrogens is 318 g/mol. The molecule has 0 aliphatic heterocycles. The minimum absolute atomic E-state index is 0. The Bertz CT molecular complexity index is 383. The molecule has 21 heavy (non-hydrogen) atoms. The van der Waals surface area contributed by atoms with Gasteiger partial charge in [0.05, 0.1) is 18.6 Å². The summed E-state index contributed by atoms with van der Waals surface area (Å²) in [5, 5.41) is 8.35. The number of carbonyl (C=O) groups excluding carboxylic acids is 1. The Hall–Kier alpha value is 0.890. The second-order valence-corrected chi connectivity index (χ2v) is 6.07. The number of carboxylic acids is 1. The second kappa shape index (κ2) is 15.8. The quantitative estimate of drug-likeness (QED) is 0.339. The number of aliphatic carboxylic acids is 1. The van der Waals surface area contributed by atoms with Gasteiger partial charge < -0.3 is 9.29 Å². The summed E-state index contributed by atoms with van der Waals surface area (Å²) in [5.74, 6) is -2.36. The number of carboxylic acid groups (broad SMARTS) is 1. The molecule has 0 aliphatic carbocycles. The standard InChI is InChI=1S/C12H22O6S.2Na.2H/c1-2-3-4-5-6-7-10-19(16,17)18-12(15)9-8-11(13)14;;;;/h2-10H2,1H3,(H,13,14);;;;. The average molecular weight is 342 g/mol. The van der Waals surface area contributed by atoms with Crippen molar-refractivity contribution in [2.45, 2.75) is 58.3 Å². The zero-order valence-corrected chi connectivity index (χ0v) is 12.1. The van der Waals surface area contributed by atoms with Crippen molar-refractivity contribution in [1.82, 2.24) is 0 Å². The first kappa shape index (κ1) is 26.8. The fraction of sp³-hybridized carbons (Fsp3) is 0.833. The van der Waals surface area contributed by atoms with Gasteiger partial charge in [-0.05, 0) is 6.42 Å². The van der Waals surface area contributed by atoms with E-state index in [2.05, 4.69) is 11.1 Å². The molecule has 9 heteroatoms. The number of unbranched alkanes of at least 4 members (excludes halogenated alkanes) is 5. The summed E-state index contributed by atoms with van der Waals surface area (Å²) >= 11 is 0. The van der Waals surface area contributed by atoms with E-state index in [1.54, 1.807) is 0 Å². The van der Waals surface area contributed by atoms with Crippen LogP contribution in [0.25, 0.3) is 0 Å². The molecule has 0 atom stereocenters. The molecule has 1 N–H and O–H groups in total. The third kappa shape index (κ3) is 18.8. The fourth-order valence-corrected chi connectivity index (χ4v) is 2.50. The molecule has 6 nitrogen and oxygen atoms in total. The van der Waals surface area contributed by atoms with Crippen molar-refractivity contribution in [2.75, 3.05) is 5.75 Å². The van der Waals surface area contributed by atoms with Crippen LogP contribution in [0.4, 0.5) is 0 Å². The normalized spacial score (nSPS) is 10.1.